The zero-order valence-electron chi connectivity index (χ0n) is 26.9. The van der Waals surface area contributed by atoms with Crippen LogP contribution in [0.25, 0.3) is 17.3 Å². The largest absolute Gasteiger partial charge is 0.497 e. The molecule has 1 unspecified atom stereocenters. The van der Waals surface area contributed by atoms with Crippen LogP contribution in [0.5, 0.6) is 11.5 Å². The van der Waals surface area contributed by atoms with Crippen LogP contribution in [-0.4, -0.2) is 42.2 Å². The number of hydrogen-bond donors (Lipinski definition) is 3. The van der Waals surface area contributed by atoms with Gasteiger partial charge in [0.15, 0.2) is 5.13 Å². The van der Waals surface area contributed by atoms with Crippen LogP contribution in [0.1, 0.15) is 29.3 Å². The molecule has 0 aliphatic carbocycles. The van der Waals surface area contributed by atoms with E-state index in [2.05, 4.69) is 20.9 Å². The molecule has 5 aromatic rings. The number of thioether (sulfide) groups is 1. The average Bonchev–Trinajstić information content (AvgIpc) is 3.59. The van der Waals surface area contributed by atoms with Crippen molar-refractivity contribution in [1.29, 1.82) is 0 Å². The van der Waals surface area contributed by atoms with E-state index in [-0.39, 0.29) is 11.6 Å². The molecular weight excluding hydrogens is 680 g/mol. The van der Waals surface area contributed by atoms with Crippen molar-refractivity contribution in [3.63, 3.8) is 0 Å². The summed E-state index contributed by atoms with van der Waals surface area (Å²) in [7, 11) is 3.06. The summed E-state index contributed by atoms with van der Waals surface area (Å²) in [6, 6.07) is 28.3. The van der Waals surface area contributed by atoms with Crippen molar-refractivity contribution >= 4 is 69.3 Å². The summed E-state index contributed by atoms with van der Waals surface area (Å²) in [4.78, 5) is 45.4. The smallest absolute Gasteiger partial charge is 0.272 e. The maximum atomic E-state index is 13.7. The lowest BCUT2D eigenvalue weighted by Crippen LogP contribution is -2.30. The van der Waals surface area contributed by atoms with Crippen LogP contribution >= 0.6 is 34.7 Å². The summed E-state index contributed by atoms with van der Waals surface area (Å²) in [6.45, 7) is 1.93. The van der Waals surface area contributed by atoms with Gasteiger partial charge in [0, 0.05) is 37.7 Å². The molecule has 1 atom stereocenters. The number of nitrogens with one attached hydrogen (secondary N) is 3. The zero-order valence-corrected chi connectivity index (χ0v) is 29.2. The van der Waals surface area contributed by atoms with Crippen LogP contribution in [0, 0.1) is 0 Å². The van der Waals surface area contributed by atoms with Crippen molar-refractivity contribution in [2.24, 2.45) is 0 Å². The maximum Gasteiger partial charge on any atom is 0.272 e. The molecule has 9 nitrogen and oxygen atoms in total. The highest BCUT2D eigenvalue weighted by molar-refractivity contribution is 8.00. The third-order valence-corrected chi connectivity index (χ3v) is 9.54. The highest BCUT2D eigenvalue weighted by atomic mass is 35.5. The number of anilines is 2. The Morgan fingerprint density at radius 3 is 2.41 bits per heavy atom. The number of aromatic nitrogens is 1. The highest BCUT2D eigenvalue weighted by Gasteiger charge is 2.21. The second-order valence-electron chi connectivity index (χ2n) is 10.5. The Morgan fingerprint density at radius 2 is 1.69 bits per heavy atom. The molecule has 1 heterocycles. The molecule has 0 saturated carbocycles. The van der Waals surface area contributed by atoms with Gasteiger partial charge in [-0.25, -0.2) is 4.98 Å². The number of methoxy groups -OCH3 is 2. The van der Waals surface area contributed by atoms with Crippen LogP contribution in [0.3, 0.4) is 0 Å². The van der Waals surface area contributed by atoms with Gasteiger partial charge < -0.3 is 25.4 Å². The SMILES string of the molecule is CCC(Sc1cccc(NC(=O)/C(=C\c2cc(OC)ccc2OC)NC(=O)c2ccccc2)c1)C(=O)Nc1nc(-c2ccc(Cl)cc2)cs1. The van der Waals surface area contributed by atoms with E-state index in [0.717, 1.165) is 16.2 Å². The Kier molecular flexibility index (Phi) is 12.1. The van der Waals surface area contributed by atoms with Gasteiger partial charge >= 0.3 is 0 Å². The number of carbonyl (C=O) groups excluding carboxylic acids is 3. The quantitative estimate of drug-likeness (QED) is 0.0829. The van der Waals surface area contributed by atoms with Gasteiger partial charge in [-0.2, -0.15) is 0 Å². The van der Waals surface area contributed by atoms with Crippen LogP contribution in [0.2, 0.25) is 5.02 Å². The number of benzene rings is 4. The first-order valence-corrected chi connectivity index (χ1v) is 17.3. The molecule has 0 bridgehead atoms. The van der Waals surface area contributed by atoms with Gasteiger partial charge in [0.2, 0.25) is 5.91 Å². The molecular formula is C37H33ClN4O5S2. The monoisotopic (exact) mass is 712 g/mol. The molecule has 0 radical (unpaired) electrons. The van der Waals surface area contributed by atoms with Gasteiger partial charge in [0.25, 0.3) is 11.8 Å². The molecule has 4 aromatic carbocycles. The average molecular weight is 713 g/mol. The van der Waals surface area contributed by atoms with Gasteiger partial charge in [-0.1, -0.05) is 54.9 Å². The minimum absolute atomic E-state index is 0.00862. The number of thiazole rings is 1. The predicted octanol–water partition coefficient (Wildman–Crippen LogP) is 8.40. The van der Waals surface area contributed by atoms with Crippen molar-refractivity contribution in [1.82, 2.24) is 10.3 Å². The topological polar surface area (TPSA) is 119 Å². The van der Waals surface area contributed by atoms with Gasteiger partial charge in [-0.05, 0) is 73.2 Å². The van der Waals surface area contributed by atoms with Crippen molar-refractivity contribution in [2.75, 3.05) is 24.9 Å². The van der Waals surface area contributed by atoms with Crippen LogP contribution in [0.4, 0.5) is 10.8 Å². The molecule has 0 fully saturated rings. The van der Waals surface area contributed by atoms with E-state index in [1.165, 1.54) is 43.4 Å². The van der Waals surface area contributed by atoms with Crippen molar-refractivity contribution in [3.05, 3.63) is 124 Å². The van der Waals surface area contributed by atoms with E-state index in [1.54, 1.807) is 78.9 Å². The van der Waals surface area contributed by atoms with Crippen LogP contribution in [-0.2, 0) is 9.59 Å². The van der Waals surface area contributed by atoms with Crippen LogP contribution in [0.15, 0.2) is 113 Å². The van der Waals surface area contributed by atoms with Crippen molar-refractivity contribution in [2.45, 2.75) is 23.5 Å². The number of rotatable bonds is 13. The summed E-state index contributed by atoms with van der Waals surface area (Å²) in [5.74, 6) is -0.148. The lowest BCUT2D eigenvalue weighted by atomic mass is 10.1. The van der Waals surface area contributed by atoms with Gasteiger partial charge in [0.1, 0.15) is 17.2 Å². The third-order valence-electron chi connectivity index (χ3n) is 7.17. The second-order valence-corrected chi connectivity index (χ2v) is 13.1. The molecule has 3 N–H and O–H groups in total. The summed E-state index contributed by atoms with van der Waals surface area (Å²) in [5, 5.41) is 11.2. The first-order chi connectivity index (χ1) is 23.8. The summed E-state index contributed by atoms with van der Waals surface area (Å²) >= 11 is 8.73. The van der Waals surface area contributed by atoms with Crippen LogP contribution < -0.4 is 25.4 Å². The van der Waals surface area contributed by atoms with E-state index >= 15 is 0 Å². The molecule has 0 saturated heterocycles. The number of carbonyl (C=O) groups is 3. The molecule has 49 heavy (non-hydrogen) atoms. The summed E-state index contributed by atoms with van der Waals surface area (Å²) in [5.41, 5.74) is 3.05. The Hall–Kier alpha value is -5.10. The minimum Gasteiger partial charge on any atom is -0.497 e. The second kappa shape index (κ2) is 16.8. The number of halogens is 1. The van der Waals surface area contributed by atoms with Gasteiger partial charge in [-0.3, -0.25) is 14.4 Å². The Labute approximate surface area is 297 Å². The van der Waals surface area contributed by atoms with E-state index in [0.29, 0.717) is 44.9 Å². The normalized spacial score (nSPS) is 11.7. The van der Waals surface area contributed by atoms with Gasteiger partial charge in [-0.15, -0.1) is 23.1 Å². The lowest BCUT2D eigenvalue weighted by molar-refractivity contribution is -0.116. The third kappa shape index (κ3) is 9.50. The highest BCUT2D eigenvalue weighted by Crippen LogP contribution is 2.31. The fourth-order valence-electron chi connectivity index (χ4n) is 4.65. The van der Waals surface area contributed by atoms with E-state index in [4.69, 9.17) is 21.1 Å². The molecule has 0 spiro atoms. The zero-order chi connectivity index (χ0) is 34.8. The molecule has 250 valence electrons. The summed E-state index contributed by atoms with van der Waals surface area (Å²) < 4.78 is 10.9. The minimum atomic E-state index is -0.554. The van der Waals surface area contributed by atoms with Gasteiger partial charge in [0.05, 0.1) is 25.2 Å². The van der Waals surface area contributed by atoms with E-state index in [9.17, 15) is 14.4 Å². The van der Waals surface area contributed by atoms with Crippen molar-refractivity contribution < 1.29 is 23.9 Å². The first kappa shape index (κ1) is 35.2. The standard InChI is InChI=1S/C37H33ClN4O5S2/c1-4-33(36(45)42-37-41-31(22-48-37)23-13-15-26(38)16-14-23)49-29-12-8-11-27(21-29)39-35(44)30(40-34(43)24-9-6-5-7-10-24)20-25-19-28(46-2)17-18-32(25)47-3/h5-22,33H,4H2,1-3H3,(H,39,44)(H,40,43)(H,41,42,45)/b30-20+. The predicted molar refractivity (Wildman–Crippen MR) is 198 cm³/mol. The molecule has 0 aliphatic rings. The Balaban J connectivity index is 1.31. The number of amides is 3. The summed E-state index contributed by atoms with van der Waals surface area (Å²) in [6.07, 6.45) is 2.09. The molecule has 3 amide bonds. The Morgan fingerprint density at radius 1 is 0.918 bits per heavy atom. The number of hydrogen-bond acceptors (Lipinski definition) is 8. The number of nitrogens with zero attached hydrogens (tertiary/aromatic N) is 1. The Bertz CT molecular complexity index is 1970. The number of ether oxygens (including phenoxy) is 2. The molecule has 5 rings (SSSR count). The first-order valence-electron chi connectivity index (χ1n) is 15.2. The molecule has 1 aromatic heterocycles. The van der Waals surface area contributed by atoms with E-state index in [1.807, 2.05) is 30.5 Å². The lowest BCUT2D eigenvalue weighted by Gasteiger charge is -2.15. The maximum absolute atomic E-state index is 13.7. The van der Waals surface area contributed by atoms with E-state index < -0.39 is 17.1 Å². The molecule has 0 aliphatic heterocycles. The van der Waals surface area contributed by atoms with Crippen molar-refractivity contribution in [3.8, 4) is 22.8 Å². The fraction of sp³-hybridized carbons (Fsp3) is 0.135. The fourth-order valence-corrected chi connectivity index (χ4v) is 6.51. The molecule has 12 heteroatoms.